The molecule has 26 heavy (non-hydrogen) atoms. The quantitative estimate of drug-likeness (QED) is 0.735. The summed E-state index contributed by atoms with van der Waals surface area (Å²) in [5.41, 5.74) is 6.03. The summed E-state index contributed by atoms with van der Waals surface area (Å²) in [4.78, 5) is 3.36. The fourth-order valence-corrected chi connectivity index (χ4v) is 5.42. The Bertz CT molecular complexity index is 1020. The average Bonchev–Trinajstić information content (AvgIpc) is 3.05. The average molecular weight is 369 g/mol. The van der Waals surface area contributed by atoms with E-state index in [1.165, 1.54) is 27.6 Å². The SMILES string of the molecule is CNCc1cccc(-c2ccc3[nH]cc(C4CCS(=O)(=O)CC4)c3c2)c1. The molecular formula is C21H24N2O2S. The predicted molar refractivity (Wildman–Crippen MR) is 107 cm³/mol. The third-order valence-corrected chi connectivity index (χ3v) is 7.06. The maximum absolute atomic E-state index is 11.7. The minimum absolute atomic E-state index is 0.302. The zero-order chi connectivity index (χ0) is 18.1. The van der Waals surface area contributed by atoms with Crippen molar-refractivity contribution < 1.29 is 8.42 Å². The molecule has 1 aliphatic rings. The Hall–Kier alpha value is -2.11. The highest BCUT2D eigenvalue weighted by atomic mass is 32.2. The number of fused-ring (bicyclic) bond motifs is 1. The monoisotopic (exact) mass is 368 g/mol. The van der Waals surface area contributed by atoms with Gasteiger partial charge in [0.2, 0.25) is 0 Å². The summed E-state index contributed by atoms with van der Waals surface area (Å²) >= 11 is 0. The van der Waals surface area contributed by atoms with Crippen LogP contribution in [0.3, 0.4) is 0 Å². The topological polar surface area (TPSA) is 62.0 Å². The van der Waals surface area contributed by atoms with Crippen LogP contribution in [0.15, 0.2) is 48.7 Å². The lowest BCUT2D eigenvalue weighted by Gasteiger charge is -2.21. The molecule has 2 N–H and O–H groups in total. The van der Waals surface area contributed by atoms with Crippen LogP contribution in [-0.2, 0) is 16.4 Å². The number of aromatic nitrogens is 1. The van der Waals surface area contributed by atoms with E-state index in [-0.39, 0.29) is 0 Å². The van der Waals surface area contributed by atoms with E-state index in [9.17, 15) is 8.42 Å². The van der Waals surface area contributed by atoms with Gasteiger partial charge >= 0.3 is 0 Å². The van der Waals surface area contributed by atoms with Gasteiger partial charge in [-0.1, -0.05) is 24.3 Å². The van der Waals surface area contributed by atoms with E-state index < -0.39 is 9.84 Å². The fraction of sp³-hybridized carbons (Fsp3) is 0.333. The standard InChI is InChI=1S/C21H24N2O2S/c1-22-13-15-3-2-4-17(11-15)18-5-6-21-19(12-18)20(14-23-21)16-7-9-26(24,25)10-8-16/h2-6,11-12,14,16,22-23H,7-10,13H2,1H3. The molecule has 2 aromatic carbocycles. The molecule has 1 fully saturated rings. The summed E-state index contributed by atoms with van der Waals surface area (Å²) in [5.74, 6) is 0.921. The minimum atomic E-state index is -2.84. The summed E-state index contributed by atoms with van der Waals surface area (Å²) < 4.78 is 23.5. The highest BCUT2D eigenvalue weighted by Gasteiger charge is 2.26. The normalized spacial score (nSPS) is 17.6. The minimum Gasteiger partial charge on any atom is -0.361 e. The van der Waals surface area contributed by atoms with Crippen molar-refractivity contribution >= 4 is 20.7 Å². The Kier molecular flexibility index (Phi) is 4.59. The van der Waals surface area contributed by atoms with E-state index in [1.807, 2.05) is 7.05 Å². The lowest BCUT2D eigenvalue weighted by atomic mass is 9.92. The van der Waals surface area contributed by atoms with Gasteiger partial charge in [-0.05, 0) is 66.3 Å². The molecule has 136 valence electrons. The predicted octanol–water partition coefficient (Wildman–Crippen LogP) is 3.85. The van der Waals surface area contributed by atoms with Crippen LogP contribution in [0.5, 0.6) is 0 Å². The molecule has 0 radical (unpaired) electrons. The number of hydrogen-bond acceptors (Lipinski definition) is 3. The zero-order valence-electron chi connectivity index (χ0n) is 15.0. The second-order valence-corrected chi connectivity index (χ2v) is 9.46. The van der Waals surface area contributed by atoms with Crippen LogP contribution >= 0.6 is 0 Å². The molecule has 4 nitrogen and oxygen atoms in total. The van der Waals surface area contributed by atoms with Gasteiger partial charge in [-0.3, -0.25) is 0 Å². The van der Waals surface area contributed by atoms with Crippen molar-refractivity contribution in [2.45, 2.75) is 25.3 Å². The fourth-order valence-electron chi connectivity index (χ4n) is 3.93. The number of rotatable bonds is 4. The Morgan fingerprint density at radius 3 is 2.62 bits per heavy atom. The van der Waals surface area contributed by atoms with Crippen molar-refractivity contribution in [3.05, 3.63) is 59.8 Å². The third kappa shape index (κ3) is 3.41. The van der Waals surface area contributed by atoms with Gasteiger partial charge in [0, 0.05) is 23.6 Å². The first kappa shape index (κ1) is 17.3. The summed E-state index contributed by atoms with van der Waals surface area (Å²) in [7, 11) is -0.884. The Morgan fingerprint density at radius 2 is 1.85 bits per heavy atom. The number of hydrogen-bond donors (Lipinski definition) is 2. The van der Waals surface area contributed by atoms with E-state index in [4.69, 9.17) is 0 Å². The molecular weight excluding hydrogens is 344 g/mol. The van der Waals surface area contributed by atoms with Gasteiger partial charge in [0.1, 0.15) is 9.84 Å². The van der Waals surface area contributed by atoms with Gasteiger partial charge in [-0.25, -0.2) is 8.42 Å². The maximum atomic E-state index is 11.7. The van der Waals surface area contributed by atoms with Crippen molar-refractivity contribution in [3.63, 3.8) is 0 Å². The third-order valence-electron chi connectivity index (χ3n) is 5.35. The highest BCUT2D eigenvalue weighted by molar-refractivity contribution is 7.91. The van der Waals surface area contributed by atoms with Gasteiger partial charge in [0.05, 0.1) is 11.5 Å². The Labute approximate surface area is 154 Å². The van der Waals surface area contributed by atoms with Gasteiger partial charge in [-0.2, -0.15) is 0 Å². The van der Waals surface area contributed by atoms with E-state index in [0.717, 1.165) is 24.9 Å². The smallest absolute Gasteiger partial charge is 0.150 e. The number of aromatic amines is 1. The molecule has 0 aliphatic carbocycles. The highest BCUT2D eigenvalue weighted by Crippen LogP contribution is 2.35. The second kappa shape index (κ2) is 6.89. The Balaban J connectivity index is 1.70. The molecule has 0 spiro atoms. The van der Waals surface area contributed by atoms with E-state index in [0.29, 0.717) is 17.4 Å². The first-order valence-electron chi connectivity index (χ1n) is 9.11. The van der Waals surface area contributed by atoms with E-state index >= 15 is 0 Å². The van der Waals surface area contributed by atoms with Crippen LogP contribution in [-0.4, -0.2) is 32.0 Å². The van der Waals surface area contributed by atoms with Gasteiger partial charge in [0.25, 0.3) is 0 Å². The summed E-state index contributed by atoms with van der Waals surface area (Å²) in [5, 5.41) is 4.41. The van der Waals surface area contributed by atoms with Gasteiger partial charge in [-0.15, -0.1) is 0 Å². The molecule has 0 unspecified atom stereocenters. The molecule has 1 saturated heterocycles. The maximum Gasteiger partial charge on any atom is 0.150 e. The first-order chi connectivity index (χ1) is 12.6. The summed E-state index contributed by atoms with van der Waals surface area (Å²) in [6.45, 7) is 0.849. The number of H-pyrrole nitrogens is 1. The van der Waals surface area contributed by atoms with Crippen molar-refractivity contribution in [1.29, 1.82) is 0 Å². The van der Waals surface area contributed by atoms with E-state index in [2.05, 4.69) is 59.0 Å². The van der Waals surface area contributed by atoms with Crippen molar-refractivity contribution in [3.8, 4) is 11.1 Å². The summed E-state index contributed by atoms with van der Waals surface area (Å²) in [6.07, 6.45) is 3.50. The van der Waals surface area contributed by atoms with Crippen molar-refractivity contribution in [2.24, 2.45) is 0 Å². The number of benzene rings is 2. The van der Waals surface area contributed by atoms with Crippen LogP contribution in [0.4, 0.5) is 0 Å². The van der Waals surface area contributed by atoms with Crippen molar-refractivity contribution in [1.82, 2.24) is 10.3 Å². The largest absolute Gasteiger partial charge is 0.361 e. The molecule has 0 saturated carbocycles. The van der Waals surface area contributed by atoms with Gasteiger partial charge in [0.15, 0.2) is 0 Å². The van der Waals surface area contributed by atoms with Gasteiger partial charge < -0.3 is 10.3 Å². The molecule has 4 rings (SSSR count). The Morgan fingerprint density at radius 1 is 1.08 bits per heavy atom. The summed E-state index contributed by atoms with van der Waals surface area (Å²) in [6, 6.07) is 15.1. The second-order valence-electron chi connectivity index (χ2n) is 7.16. The van der Waals surface area contributed by atoms with Crippen LogP contribution in [0, 0.1) is 0 Å². The molecule has 2 heterocycles. The molecule has 3 aromatic rings. The van der Waals surface area contributed by atoms with Crippen LogP contribution in [0.2, 0.25) is 0 Å². The zero-order valence-corrected chi connectivity index (χ0v) is 15.8. The van der Waals surface area contributed by atoms with Crippen LogP contribution in [0.25, 0.3) is 22.0 Å². The lowest BCUT2D eigenvalue weighted by molar-refractivity contribution is 0.551. The van der Waals surface area contributed by atoms with Crippen molar-refractivity contribution in [2.75, 3.05) is 18.6 Å². The molecule has 1 aromatic heterocycles. The molecule has 0 bridgehead atoms. The molecule has 1 aliphatic heterocycles. The number of sulfone groups is 1. The molecule has 0 amide bonds. The van der Waals surface area contributed by atoms with Crippen LogP contribution < -0.4 is 5.32 Å². The first-order valence-corrected chi connectivity index (χ1v) is 10.9. The van der Waals surface area contributed by atoms with E-state index in [1.54, 1.807) is 0 Å². The number of nitrogens with one attached hydrogen (secondary N) is 2. The molecule has 5 heteroatoms. The lowest BCUT2D eigenvalue weighted by Crippen LogP contribution is -2.21. The molecule has 0 atom stereocenters. The van der Waals surface area contributed by atoms with Crippen LogP contribution in [0.1, 0.15) is 29.9 Å².